The van der Waals surface area contributed by atoms with Crippen LogP contribution in [0.4, 0.5) is 5.69 Å². The second-order valence-electron chi connectivity index (χ2n) is 4.12. The van der Waals surface area contributed by atoms with Crippen LogP contribution in [0.5, 0.6) is 5.75 Å². The van der Waals surface area contributed by atoms with E-state index in [1.165, 1.54) is 0 Å². The molecule has 0 aliphatic rings. The van der Waals surface area contributed by atoms with Crippen molar-refractivity contribution < 1.29 is 4.74 Å². The van der Waals surface area contributed by atoms with Crippen molar-refractivity contribution >= 4 is 29.1 Å². The van der Waals surface area contributed by atoms with E-state index in [1.807, 2.05) is 24.3 Å². The Morgan fingerprint density at radius 2 is 2.10 bits per heavy atom. The number of nitrogen functional groups attached to an aromatic ring is 1. The molecule has 0 aliphatic carbocycles. The van der Waals surface area contributed by atoms with Crippen LogP contribution in [-0.4, -0.2) is 7.11 Å². The monoisotopic (exact) mass is 304 g/mol. The lowest BCUT2D eigenvalue weighted by atomic mass is 10.1. The molecule has 0 aliphatic heterocycles. The fourth-order valence-electron chi connectivity index (χ4n) is 1.73. The summed E-state index contributed by atoms with van der Waals surface area (Å²) in [6.07, 6.45) is 0. The SMILES string of the molecule is COc1ccc(CSc2ccc(N)cc2Cl)cc1C#N. The first kappa shape index (κ1) is 14.6. The molecule has 5 heteroatoms. The fraction of sp³-hybridized carbons (Fsp3) is 0.133. The second kappa shape index (κ2) is 6.56. The van der Waals surface area contributed by atoms with E-state index in [1.54, 1.807) is 31.0 Å². The van der Waals surface area contributed by atoms with Gasteiger partial charge < -0.3 is 10.5 Å². The molecule has 2 N–H and O–H groups in total. The molecule has 0 saturated carbocycles. The van der Waals surface area contributed by atoms with Gasteiger partial charge in [-0.2, -0.15) is 5.26 Å². The lowest BCUT2D eigenvalue weighted by Gasteiger charge is -2.07. The highest BCUT2D eigenvalue weighted by atomic mass is 35.5. The van der Waals surface area contributed by atoms with Crippen LogP contribution in [0.25, 0.3) is 0 Å². The number of ether oxygens (including phenoxy) is 1. The van der Waals surface area contributed by atoms with Crippen molar-refractivity contribution in [3.63, 3.8) is 0 Å². The van der Waals surface area contributed by atoms with Crippen LogP contribution in [-0.2, 0) is 5.75 Å². The van der Waals surface area contributed by atoms with E-state index in [4.69, 9.17) is 27.3 Å². The van der Waals surface area contributed by atoms with Gasteiger partial charge in [0.15, 0.2) is 0 Å². The number of hydrogen-bond acceptors (Lipinski definition) is 4. The van der Waals surface area contributed by atoms with Crippen molar-refractivity contribution in [1.82, 2.24) is 0 Å². The molecular weight excluding hydrogens is 292 g/mol. The summed E-state index contributed by atoms with van der Waals surface area (Å²) >= 11 is 7.73. The zero-order valence-corrected chi connectivity index (χ0v) is 12.5. The number of hydrogen-bond donors (Lipinski definition) is 1. The van der Waals surface area contributed by atoms with Crippen LogP contribution in [0.2, 0.25) is 5.02 Å². The van der Waals surface area contributed by atoms with Crippen LogP contribution in [0, 0.1) is 11.3 Å². The largest absolute Gasteiger partial charge is 0.495 e. The predicted octanol–water partition coefficient (Wildman–Crippen LogP) is 4.09. The normalized spacial score (nSPS) is 10.1. The standard InChI is InChI=1S/C15H13ClN2OS/c1-19-14-4-2-10(6-11(14)8-17)9-20-15-5-3-12(18)7-13(15)16/h2-7H,9,18H2,1H3. The lowest BCUT2D eigenvalue weighted by molar-refractivity contribution is 0.413. The number of methoxy groups -OCH3 is 1. The molecule has 20 heavy (non-hydrogen) atoms. The van der Waals surface area contributed by atoms with Crippen LogP contribution < -0.4 is 10.5 Å². The van der Waals surface area contributed by atoms with Gasteiger partial charge in [0.1, 0.15) is 11.8 Å². The smallest absolute Gasteiger partial charge is 0.136 e. The molecule has 0 saturated heterocycles. The number of anilines is 1. The van der Waals surface area contributed by atoms with Gasteiger partial charge in [0.2, 0.25) is 0 Å². The summed E-state index contributed by atoms with van der Waals surface area (Å²) in [7, 11) is 1.55. The zero-order chi connectivity index (χ0) is 14.5. The third-order valence-corrected chi connectivity index (χ3v) is 4.30. The molecule has 2 aromatic rings. The molecule has 0 heterocycles. The topological polar surface area (TPSA) is 59.0 Å². The van der Waals surface area contributed by atoms with Gasteiger partial charge in [-0.25, -0.2) is 0 Å². The van der Waals surface area contributed by atoms with E-state index in [9.17, 15) is 0 Å². The van der Waals surface area contributed by atoms with E-state index >= 15 is 0 Å². The first-order valence-electron chi connectivity index (χ1n) is 5.89. The van der Waals surface area contributed by atoms with Gasteiger partial charge in [0.25, 0.3) is 0 Å². The highest BCUT2D eigenvalue weighted by Crippen LogP contribution is 2.32. The summed E-state index contributed by atoms with van der Waals surface area (Å²) in [6, 6.07) is 13.2. The minimum Gasteiger partial charge on any atom is -0.495 e. The van der Waals surface area contributed by atoms with Gasteiger partial charge in [-0.05, 0) is 35.9 Å². The molecule has 0 amide bonds. The van der Waals surface area contributed by atoms with E-state index in [0.717, 1.165) is 16.2 Å². The number of nitrogens with zero attached hydrogens (tertiary/aromatic N) is 1. The molecule has 2 aromatic carbocycles. The summed E-state index contributed by atoms with van der Waals surface area (Å²) in [5.41, 5.74) is 7.89. The predicted molar refractivity (Wildman–Crippen MR) is 83.1 cm³/mol. The van der Waals surface area contributed by atoms with Gasteiger partial charge >= 0.3 is 0 Å². The van der Waals surface area contributed by atoms with Gasteiger partial charge in [-0.1, -0.05) is 17.7 Å². The van der Waals surface area contributed by atoms with Crippen molar-refractivity contribution in [2.45, 2.75) is 10.6 Å². The molecule has 2 rings (SSSR count). The van der Waals surface area contributed by atoms with E-state index in [-0.39, 0.29) is 0 Å². The number of halogens is 1. The van der Waals surface area contributed by atoms with Crippen LogP contribution in [0.1, 0.15) is 11.1 Å². The quantitative estimate of drug-likeness (QED) is 0.682. The Labute approximate surface area is 127 Å². The van der Waals surface area contributed by atoms with Crippen LogP contribution >= 0.6 is 23.4 Å². The van der Waals surface area contributed by atoms with Crippen molar-refractivity contribution in [2.24, 2.45) is 0 Å². The Hall–Kier alpha value is -1.83. The number of nitrogens with two attached hydrogens (primary N) is 1. The summed E-state index contributed by atoms with van der Waals surface area (Å²) in [6.45, 7) is 0. The Bertz CT molecular complexity index is 667. The van der Waals surface area contributed by atoms with Crippen LogP contribution in [0.15, 0.2) is 41.3 Å². The van der Waals surface area contributed by atoms with E-state index in [2.05, 4.69) is 6.07 Å². The van der Waals surface area contributed by atoms with Crippen molar-refractivity contribution in [2.75, 3.05) is 12.8 Å². The summed E-state index contributed by atoms with van der Waals surface area (Å²) in [5, 5.41) is 9.70. The minimum absolute atomic E-state index is 0.536. The molecule has 0 spiro atoms. The fourth-order valence-corrected chi connectivity index (χ4v) is 2.94. The Morgan fingerprint density at radius 3 is 2.75 bits per heavy atom. The molecule has 0 fully saturated rings. The maximum atomic E-state index is 9.06. The zero-order valence-electron chi connectivity index (χ0n) is 10.9. The summed E-state index contributed by atoms with van der Waals surface area (Å²) in [4.78, 5) is 0.968. The molecule has 3 nitrogen and oxygen atoms in total. The number of nitriles is 1. The molecule has 0 bridgehead atoms. The van der Waals surface area contributed by atoms with Crippen molar-refractivity contribution in [3.05, 3.63) is 52.5 Å². The molecule has 0 atom stereocenters. The second-order valence-corrected chi connectivity index (χ2v) is 5.55. The van der Waals surface area contributed by atoms with Gasteiger partial charge in [0, 0.05) is 16.3 Å². The third kappa shape index (κ3) is 3.38. The van der Waals surface area contributed by atoms with Crippen LogP contribution in [0.3, 0.4) is 0 Å². The molecule has 0 radical (unpaired) electrons. The Morgan fingerprint density at radius 1 is 1.30 bits per heavy atom. The number of rotatable bonds is 4. The van der Waals surface area contributed by atoms with E-state index < -0.39 is 0 Å². The first-order valence-corrected chi connectivity index (χ1v) is 7.25. The average molecular weight is 305 g/mol. The average Bonchev–Trinajstić information content (AvgIpc) is 2.46. The van der Waals surface area contributed by atoms with E-state index in [0.29, 0.717) is 22.0 Å². The van der Waals surface area contributed by atoms with Gasteiger partial charge in [-0.15, -0.1) is 11.8 Å². The number of benzene rings is 2. The van der Waals surface area contributed by atoms with Crippen molar-refractivity contribution in [1.29, 1.82) is 5.26 Å². The lowest BCUT2D eigenvalue weighted by Crippen LogP contribution is -1.90. The summed E-state index contributed by atoms with van der Waals surface area (Å²) in [5.74, 6) is 1.31. The maximum Gasteiger partial charge on any atom is 0.136 e. The molecule has 0 unspecified atom stereocenters. The molecule has 0 aromatic heterocycles. The Balaban J connectivity index is 2.13. The highest BCUT2D eigenvalue weighted by Gasteiger charge is 2.06. The summed E-state index contributed by atoms with van der Waals surface area (Å²) < 4.78 is 5.12. The molecular formula is C15H13ClN2OS. The van der Waals surface area contributed by atoms with Gasteiger partial charge in [0.05, 0.1) is 17.7 Å². The highest BCUT2D eigenvalue weighted by molar-refractivity contribution is 7.98. The third-order valence-electron chi connectivity index (χ3n) is 2.73. The maximum absolute atomic E-state index is 9.06. The minimum atomic E-state index is 0.536. The van der Waals surface area contributed by atoms with Crippen molar-refractivity contribution in [3.8, 4) is 11.8 Å². The Kier molecular flexibility index (Phi) is 4.78. The van der Waals surface area contributed by atoms with Gasteiger partial charge in [-0.3, -0.25) is 0 Å². The molecule has 102 valence electrons. The number of thioether (sulfide) groups is 1. The first-order chi connectivity index (χ1) is 9.63.